The molecule has 27 heavy (non-hydrogen) atoms. The van der Waals surface area contributed by atoms with Crippen LogP contribution in [0.3, 0.4) is 0 Å². The van der Waals surface area contributed by atoms with Gasteiger partial charge in [-0.2, -0.15) is 0 Å². The summed E-state index contributed by atoms with van der Waals surface area (Å²) in [6.45, 7) is 4.63. The van der Waals surface area contributed by atoms with Crippen LogP contribution >= 0.6 is 0 Å². The van der Waals surface area contributed by atoms with Crippen LogP contribution in [-0.4, -0.2) is 38.9 Å². The SMILES string of the molecule is CC(C)C(N)CCN(C)C(=O)c1ccccc1CS(=O)(=O)c1ccccc1. The van der Waals surface area contributed by atoms with Crippen molar-refractivity contribution >= 4 is 15.7 Å². The zero-order valence-electron chi connectivity index (χ0n) is 16.1. The predicted molar refractivity (Wildman–Crippen MR) is 108 cm³/mol. The largest absolute Gasteiger partial charge is 0.342 e. The summed E-state index contributed by atoms with van der Waals surface area (Å²) < 4.78 is 25.4. The molecule has 0 saturated carbocycles. The highest BCUT2D eigenvalue weighted by Gasteiger charge is 2.21. The van der Waals surface area contributed by atoms with Gasteiger partial charge in [-0.1, -0.05) is 50.2 Å². The number of benzene rings is 2. The fourth-order valence-corrected chi connectivity index (χ4v) is 4.15. The van der Waals surface area contributed by atoms with Gasteiger partial charge in [-0.25, -0.2) is 8.42 Å². The number of nitrogens with zero attached hydrogens (tertiary/aromatic N) is 1. The fourth-order valence-electron chi connectivity index (χ4n) is 2.75. The summed E-state index contributed by atoms with van der Waals surface area (Å²) >= 11 is 0. The van der Waals surface area contributed by atoms with Crippen molar-refractivity contribution < 1.29 is 13.2 Å². The number of amides is 1. The van der Waals surface area contributed by atoms with E-state index < -0.39 is 9.84 Å². The summed E-state index contributed by atoms with van der Waals surface area (Å²) in [5.74, 6) is -0.0558. The Labute approximate surface area is 162 Å². The van der Waals surface area contributed by atoms with Crippen LogP contribution in [0.5, 0.6) is 0 Å². The van der Waals surface area contributed by atoms with Crippen molar-refractivity contribution in [1.82, 2.24) is 4.90 Å². The first-order valence-electron chi connectivity index (χ1n) is 9.09. The van der Waals surface area contributed by atoms with Gasteiger partial charge in [-0.05, 0) is 36.1 Å². The van der Waals surface area contributed by atoms with Crippen molar-refractivity contribution in [3.8, 4) is 0 Å². The number of carbonyl (C=O) groups is 1. The lowest BCUT2D eigenvalue weighted by molar-refractivity contribution is 0.0788. The van der Waals surface area contributed by atoms with Crippen LogP contribution in [-0.2, 0) is 15.6 Å². The van der Waals surface area contributed by atoms with Gasteiger partial charge >= 0.3 is 0 Å². The minimum Gasteiger partial charge on any atom is -0.342 e. The van der Waals surface area contributed by atoms with Crippen molar-refractivity contribution in [1.29, 1.82) is 0 Å². The number of sulfone groups is 1. The molecular formula is C21H28N2O3S. The van der Waals surface area contributed by atoms with Gasteiger partial charge in [0.25, 0.3) is 5.91 Å². The Balaban J connectivity index is 2.19. The van der Waals surface area contributed by atoms with Gasteiger partial charge in [0.15, 0.2) is 9.84 Å². The zero-order valence-corrected chi connectivity index (χ0v) is 16.9. The molecular weight excluding hydrogens is 360 g/mol. The molecule has 0 fully saturated rings. The average Bonchev–Trinajstić information content (AvgIpc) is 2.66. The van der Waals surface area contributed by atoms with Crippen LogP contribution in [0.2, 0.25) is 0 Å². The third kappa shape index (κ3) is 5.65. The van der Waals surface area contributed by atoms with Crippen LogP contribution in [0.4, 0.5) is 0 Å². The minimum atomic E-state index is -3.52. The van der Waals surface area contributed by atoms with Crippen molar-refractivity contribution in [2.24, 2.45) is 11.7 Å². The van der Waals surface area contributed by atoms with Gasteiger partial charge in [0.2, 0.25) is 0 Å². The second-order valence-electron chi connectivity index (χ2n) is 7.15. The third-order valence-electron chi connectivity index (χ3n) is 4.70. The first kappa shape index (κ1) is 21.1. The van der Waals surface area contributed by atoms with Crippen LogP contribution < -0.4 is 5.73 Å². The van der Waals surface area contributed by atoms with Gasteiger partial charge in [-0.3, -0.25) is 4.79 Å². The molecule has 0 aliphatic rings. The Hall–Kier alpha value is -2.18. The standard InChI is InChI=1S/C21H28N2O3S/c1-16(2)20(22)13-14-23(3)21(24)19-12-8-7-9-17(19)15-27(25,26)18-10-5-4-6-11-18/h4-12,16,20H,13-15,22H2,1-3H3. The van der Waals surface area contributed by atoms with Gasteiger partial charge in [0, 0.05) is 25.2 Å². The molecule has 0 spiro atoms. The van der Waals surface area contributed by atoms with Crippen LogP contribution in [0.25, 0.3) is 0 Å². The van der Waals surface area contributed by atoms with E-state index in [2.05, 4.69) is 13.8 Å². The molecule has 2 N–H and O–H groups in total. The molecule has 5 nitrogen and oxygen atoms in total. The smallest absolute Gasteiger partial charge is 0.253 e. The highest BCUT2D eigenvalue weighted by atomic mass is 32.2. The van der Waals surface area contributed by atoms with E-state index in [0.29, 0.717) is 30.0 Å². The van der Waals surface area contributed by atoms with E-state index in [-0.39, 0.29) is 22.6 Å². The van der Waals surface area contributed by atoms with Gasteiger partial charge in [0.05, 0.1) is 10.6 Å². The molecule has 2 aromatic carbocycles. The molecule has 2 aromatic rings. The van der Waals surface area contributed by atoms with Crippen LogP contribution in [0, 0.1) is 5.92 Å². The summed E-state index contributed by atoms with van der Waals surface area (Å²) in [5.41, 5.74) is 6.98. The molecule has 0 aliphatic carbocycles. The summed E-state index contributed by atoms with van der Waals surface area (Å²) in [7, 11) is -1.80. The van der Waals surface area contributed by atoms with Gasteiger partial charge < -0.3 is 10.6 Å². The second kappa shape index (κ2) is 9.15. The number of nitrogens with two attached hydrogens (primary N) is 1. The molecule has 0 heterocycles. The van der Waals surface area contributed by atoms with Gasteiger partial charge in [0.1, 0.15) is 0 Å². The first-order chi connectivity index (χ1) is 12.7. The minimum absolute atomic E-state index is 0.0222. The summed E-state index contributed by atoms with van der Waals surface area (Å²) in [4.78, 5) is 14.7. The van der Waals surface area contributed by atoms with Crippen molar-refractivity contribution in [2.45, 2.75) is 37.0 Å². The second-order valence-corrected chi connectivity index (χ2v) is 9.14. The van der Waals surface area contributed by atoms with Crippen LogP contribution in [0.15, 0.2) is 59.5 Å². The predicted octanol–water partition coefficient (Wildman–Crippen LogP) is 3.11. The maximum atomic E-state index is 12.9. The summed E-state index contributed by atoms with van der Waals surface area (Å²) in [6.07, 6.45) is 0.699. The third-order valence-corrected chi connectivity index (χ3v) is 6.38. The van der Waals surface area contributed by atoms with Crippen LogP contribution in [0.1, 0.15) is 36.2 Å². The number of hydrogen-bond donors (Lipinski definition) is 1. The lowest BCUT2D eigenvalue weighted by atomic mass is 10.0. The molecule has 1 unspecified atom stereocenters. The van der Waals surface area contributed by atoms with Crippen molar-refractivity contribution in [3.05, 3.63) is 65.7 Å². The van der Waals surface area contributed by atoms with Gasteiger partial charge in [-0.15, -0.1) is 0 Å². The molecule has 0 bridgehead atoms. The van der Waals surface area contributed by atoms with E-state index >= 15 is 0 Å². The molecule has 0 radical (unpaired) electrons. The zero-order chi connectivity index (χ0) is 20.0. The van der Waals surface area contributed by atoms with E-state index in [1.165, 1.54) is 0 Å². The maximum absolute atomic E-state index is 12.9. The number of hydrogen-bond acceptors (Lipinski definition) is 4. The summed E-state index contributed by atoms with van der Waals surface area (Å²) in [6, 6.07) is 15.2. The lowest BCUT2D eigenvalue weighted by Gasteiger charge is -2.22. The molecule has 0 aliphatic heterocycles. The van der Waals surface area contributed by atoms with E-state index in [1.54, 1.807) is 66.5 Å². The number of rotatable bonds is 8. The molecule has 1 amide bonds. The molecule has 1 atom stereocenters. The monoisotopic (exact) mass is 388 g/mol. The van der Waals surface area contributed by atoms with Crippen molar-refractivity contribution in [3.63, 3.8) is 0 Å². The van der Waals surface area contributed by atoms with E-state index in [9.17, 15) is 13.2 Å². The normalized spacial score (nSPS) is 12.8. The number of carbonyl (C=O) groups excluding carboxylic acids is 1. The maximum Gasteiger partial charge on any atom is 0.253 e. The topological polar surface area (TPSA) is 80.5 Å². The molecule has 0 saturated heterocycles. The molecule has 0 aromatic heterocycles. The Morgan fingerprint density at radius 3 is 2.26 bits per heavy atom. The Kier molecular flexibility index (Phi) is 7.16. The van der Waals surface area contributed by atoms with E-state index in [4.69, 9.17) is 5.73 Å². The Morgan fingerprint density at radius 2 is 1.63 bits per heavy atom. The molecule has 146 valence electrons. The summed E-state index contributed by atoms with van der Waals surface area (Å²) in [5, 5.41) is 0. The highest BCUT2D eigenvalue weighted by molar-refractivity contribution is 7.90. The highest BCUT2D eigenvalue weighted by Crippen LogP contribution is 2.20. The van der Waals surface area contributed by atoms with E-state index in [1.807, 2.05) is 0 Å². The molecule has 2 rings (SSSR count). The fraction of sp³-hybridized carbons (Fsp3) is 0.381. The first-order valence-corrected chi connectivity index (χ1v) is 10.7. The quantitative estimate of drug-likeness (QED) is 0.753. The lowest BCUT2D eigenvalue weighted by Crippen LogP contribution is -2.35. The Morgan fingerprint density at radius 1 is 1.04 bits per heavy atom. The molecule has 6 heteroatoms. The van der Waals surface area contributed by atoms with E-state index in [0.717, 1.165) is 0 Å². The van der Waals surface area contributed by atoms with Crippen molar-refractivity contribution in [2.75, 3.05) is 13.6 Å². The Bertz CT molecular complexity index is 864. The average molecular weight is 389 g/mol.